The van der Waals surface area contributed by atoms with Crippen LogP contribution in [0.15, 0.2) is 30.4 Å². The Morgan fingerprint density at radius 2 is 2.00 bits per heavy atom. The zero-order valence-electron chi connectivity index (χ0n) is 14.2. The highest BCUT2D eigenvalue weighted by atomic mass is 35.5. The SMILES string of the molecule is C=C(C)C(OC(=O)Nc1ccc(Cl)c(OC)c1)C(=O)OCC(C)C. The molecule has 1 unspecified atom stereocenters. The van der Waals surface area contributed by atoms with Crippen molar-refractivity contribution in [3.05, 3.63) is 35.4 Å². The van der Waals surface area contributed by atoms with E-state index in [0.717, 1.165) is 0 Å². The van der Waals surface area contributed by atoms with Gasteiger partial charge >= 0.3 is 12.1 Å². The molecule has 0 saturated heterocycles. The van der Waals surface area contributed by atoms with E-state index in [1.807, 2.05) is 13.8 Å². The van der Waals surface area contributed by atoms with E-state index in [2.05, 4.69) is 11.9 Å². The minimum Gasteiger partial charge on any atom is -0.495 e. The molecule has 0 aliphatic heterocycles. The molecule has 0 bridgehead atoms. The van der Waals surface area contributed by atoms with Crippen molar-refractivity contribution in [2.24, 2.45) is 5.92 Å². The third-order valence-electron chi connectivity index (χ3n) is 2.84. The minimum atomic E-state index is -1.17. The number of esters is 1. The first-order chi connectivity index (χ1) is 11.2. The van der Waals surface area contributed by atoms with Gasteiger partial charge in [0.25, 0.3) is 0 Å². The average Bonchev–Trinajstić information content (AvgIpc) is 2.51. The highest BCUT2D eigenvalue weighted by Crippen LogP contribution is 2.27. The summed E-state index contributed by atoms with van der Waals surface area (Å²) in [6, 6.07) is 4.69. The van der Waals surface area contributed by atoms with Crippen LogP contribution in [0.4, 0.5) is 10.5 Å². The number of ether oxygens (including phenoxy) is 3. The van der Waals surface area contributed by atoms with Crippen LogP contribution >= 0.6 is 11.6 Å². The number of anilines is 1. The molecule has 7 heteroatoms. The van der Waals surface area contributed by atoms with Gasteiger partial charge in [-0.15, -0.1) is 0 Å². The van der Waals surface area contributed by atoms with E-state index in [1.165, 1.54) is 13.2 Å². The lowest BCUT2D eigenvalue weighted by Crippen LogP contribution is -2.32. The fourth-order valence-corrected chi connectivity index (χ4v) is 1.86. The van der Waals surface area contributed by atoms with Crippen LogP contribution in [0.2, 0.25) is 5.02 Å². The first kappa shape index (κ1) is 19.8. The largest absolute Gasteiger partial charge is 0.495 e. The second-order valence-corrected chi connectivity index (χ2v) is 6.04. The molecular weight excluding hydrogens is 334 g/mol. The monoisotopic (exact) mass is 355 g/mol. The molecule has 0 saturated carbocycles. The topological polar surface area (TPSA) is 73.9 Å². The van der Waals surface area contributed by atoms with E-state index in [0.29, 0.717) is 22.0 Å². The lowest BCUT2D eigenvalue weighted by molar-refractivity contribution is -0.152. The number of rotatable bonds is 7. The summed E-state index contributed by atoms with van der Waals surface area (Å²) in [5.74, 6) is -0.0719. The summed E-state index contributed by atoms with van der Waals surface area (Å²) in [6.45, 7) is 9.30. The average molecular weight is 356 g/mol. The Balaban J connectivity index is 2.72. The summed E-state index contributed by atoms with van der Waals surface area (Å²) in [7, 11) is 1.46. The summed E-state index contributed by atoms with van der Waals surface area (Å²) in [6.07, 6.45) is -1.98. The van der Waals surface area contributed by atoms with E-state index in [-0.39, 0.29) is 12.5 Å². The molecule has 1 rings (SSSR count). The van der Waals surface area contributed by atoms with E-state index in [4.69, 9.17) is 25.8 Å². The van der Waals surface area contributed by atoms with Crippen molar-refractivity contribution in [3.8, 4) is 5.75 Å². The predicted molar refractivity (Wildman–Crippen MR) is 92.5 cm³/mol. The Bertz CT molecular complexity index is 615. The molecule has 1 aromatic rings. The molecule has 0 aliphatic rings. The lowest BCUT2D eigenvalue weighted by atomic mass is 10.2. The smallest absolute Gasteiger partial charge is 0.412 e. The van der Waals surface area contributed by atoms with Gasteiger partial charge in [-0.1, -0.05) is 32.0 Å². The first-order valence-corrected chi connectivity index (χ1v) is 7.75. The second-order valence-electron chi connectivity index (χ2n) is 5.63. The normalized spacial score (nSPS) is 11.6. The van der Waals surface area contributed by atoms with Crippen molar-refractivity contribution >= 4 is 29.4 Å². The molecule has 1 amide bonds. The van der Waals surface area contributed by atoms with Crippen LogP contribution in [-0.2, 0) is 14.3 Å². The lowest BCUT2D eigenvalue weighted by Gasteiger charge is -2.18. The summed E-state index contributed by atoms with van der Waals surface area (Å²) in [4.78, 5) is 24.0. The zero-order chi connectivity index (χ0) is 18.3. The van der Waals surface area contributed by atoms with Gasteiger partial charge in [-0.3, -0.25) is 5.32 Å². The number of carbonyl (C=O) groups excluding carboxylic acids is 2. The van der Waals surface area contributed by atoms with Crippen molar-refractivity contribution in [1.82, 2.24) is 0 Å². The summed E-state index contributed by atoms with van der Waals surface area (Å²) < 4.78 is 15.3. The van der Waals surface area contributed by atoms with E-state index in [9.17, 15) is 9.59 Å². The van der Waals surface area contributed by atoms with Crippen molar-refractivity contribution in [1.29, 1.82) is 0 Å². The number of carbonyl (C=O) groups is 2. The van der Waals surface area contributed by atoms with Gasteiger partial charge in [-0.05, 0) is 30.5 Å². The standard InChI is InChI=1S/C17H22ClNO5/c1-10(2)9-23-16(20)15(11(3)4)24-17(21)19-12-6-7-13(18)14(8-12)22-5/h6-8,10,15H,3,9H2,1-2,4-5H3,(H,19,21). The van der Waals surface area contributed by atoms with Crippen LogP contribution in [0, 0.1) is 5.92 Å². The van der Waals surface area contributed by atoms with Crippen molar-refractivity contribution in [2.75, 3.05) is 19.0 Å². The zero-order valence-corrected chi connectivity index (χ0v) is 15.0. The highest BCUT2D eigenvalue weighted by molar-refractivity contribution is 6.32. The molecule has 0 spiro atoms. The fraction of sp³-hybridized carbons (Fsp3) is 0.412. The maximum absolute atomic E-state index is 12.0. The number of hydrogen-bond acceptors (Lipinski definition) is 5. The number of halogens is 1. The molecule has 1 aromatic carbocycles. The van der Waals surface area contributed by atoms with Gasteiger partial charge in [0, 0.05) is 11.8 Å². The van der Waals surface area contributed by atoms with Crippen molar-refractivity contribution in [3.63, 3.8) is 0 Å². The Morgan fingerprint density at radius 1 is 1.33 bits per heavy atom. The van der Waals surface area contributed by atoms with E-state index < -0.39 is 18.2 Å². The number of benzene rings is 1. The van der Waals surface area contributed by atoms with Crippen LogP contribution in [-0.4, -0.2) is 31.9 Å². The Kier molecular flexibility index (Phi) is 7.58. The van der Waals surface area contributed by atoms with Gasteiger partial charge in [0.1, 0.15) is 5.75 Å². The van der Waals surface area contributed by atoms with E-state index >= 15 is 0 Å². The molecule has 132 valence electrons. The molecule has 0 heterocycles. The minimum absolute atomic E-state index is 0.176. The van der Waals surface area contributed by atoms with Crippen LogP contribution in [0.3, 0.4) is 0 Å². The molecule has 6 nitrogen and oxygen atoms in total. The van der Waals surface area contributed by atoms with Crippen LogP contribution in [0.25, 0.3) is 0 Å². The van der Waals surface area contributed by atoms with Crippen LogP contribution in [0.5, 0.6) is 5.75 Å². The maximum Gasteiger partial charge on any atom is 0.412 e. The fourth-order valence-electron chi connectivity index (χ4n) is 1.67. The summed E-state index contributed by atoms with van der Waals surface area (Å²) in [5.41, 5.74) is 0.782. The molecule has 0 aliphatic carbocycles. The molecule has 1 atom stereocenters. The Labute approximate surface area is 146 Å². The molecule has 1 N–H and O–H groups in total. The van der Waals surface area contributed by atoms with Crippen LogP contribution < -0.4 is 10.1 Å². The van der Waals surface area contributed by atoms with Crippen molar-refractivity contribution in [2.45, 2.75) is 26.9 Å². The van der Waals surface area contributed by atoms with Gasteiger partial charge < -0.3 is 14.2 Å². The third kappa shape index (κ3) is 6.12. The highest BCUT2D eigenvalue weighted by Gasteiger charge is 2.25. The molecule has 24 heavy (non-hydrogen) atoms. The maximum atomic E-state index is 12.0. The third-order valence-corrected chi connectivity index (χ3v) is 3.16. The van der Waals surface area contributed by atoms with Gasteiger partial charge in [-0.2, -0.15) is 0 Å². The number of nitrogens with one attached hydrogen (secondary N) is 1. The van der Waals surface area contributed by atoms with Crippen LogP contribution in [0.1, 0.15) is 20.8 Å². The van der Waals surface area contributed by atoms with Gasteiger partial charge in [0.2, 0.25) is 6.10 Å². The van der Waals surface area contributed by atoms with Gasteiger partial charge in [0.15, 0.2) is 0 Å². The first-order valence-electron chi connectivity index (χ1n) is 7.37. The molecule has 0 aromatic heterocycles. The van der Waals surface area contributed by atoms with Gasteiger partial charge in [-0.25, -0.2) is 9.59 Å². The molecular formula is C17H22ClNO5. The number of methoxy groups -OCH3 is 1. The number of hydrogen-bond donors (Lipinski definition) is 1. The quantitative estimate of drug-likeness (QED) is 0.590. The number of amides is 1. The van der Waals surface area contributed by atoms with Gasteiger partial charge in [0.05, 0.1) is 18.7 Å². The molecule has 0 radical (unpaired) electrons. The summed E-state index contributed by atoms with van der Waals surface area (Å²) in [5, 5.41) is 2.91. The Morgan fingerprint density at radius 3 is 2.54 bits per heavy atom. The summed E-state index contributed by atoms with van der Waals surface area (Å²) >= 11 is 5.92. The second kappa shape index (κ2) is 9.17. The molecule has 0 fully saturated rings. The van der Waals surface area contributed by atoms with Crippen molar-refractivity contribution < 1.29 is 23.8 Å². The Hall–Kier alpha value is -2.21. The predicted octanol–water partition coefficient (Wildman–Crippen LogP) is 4.04. The van der Waals surface area contributed by atoms with E-state index in [1.54, 1.807) is 19.1 Å².